The first-order chi connectivity index (χ1) is 5.10. The summed E-state index contributed by atoms with van der Waals surface area (Å²) < 4.78 is 5.08. The maximum absolute atomic E-state index is 5.60. The van der Waals surface area contributed by atoms with E-state index in [1.54, 1.807) is 7.11 Å². The van der Waals surface area contributed by atoms with Crippen LogP contribution in [0.25, 0.3) is 0 Å². The minimum Gasteiger partial charge on any atom is -0.382 e. The molecule has 0 bridgehead atoms. The van der Waals surface area contributed by atoms with Gasteiger partial charge in [0.1, 0.15) is 0 Å². The van der Waals surface area contributed by atoms with Gasteiger partial charge >= 0.3 is 0 Å². The molecular formula is C7H15N3O. The Bertz CT molecular complexity index is 181. The van der Waals surface area contributed by atoms with Crippen LogP contribution in [0.4, 0.5) is 0 Å². The Labute approximate surface area is 67.0 Å². The third-order valence-electron chi connectivity index (χ3n) is 2.19. The number of methoxy groups -OCH3 is 1. The van der Waals surface area contributed by atoms with Gasteiger partial charge in [0.25, 0.3) is 0 Å². The number of nitrogens with two attached hydrogens (primary N) is 1. The van der Waals surface area contributed by atoms with Crippen LogP contribution in [0.3, 0.4) is 0 Å². The highest BCUT2D eigenvalue weighted by Crippen LogP contribution is 2.18. The molecule has 11 heavy (non-hydrogen) atoms. The molecule has 0 fully saturated rings. The van der Waals surface area contributed by atoms with Gasteiger partial charge in [0.2, 0.25) is 0 Å². The molecule has 4 heteroatoms. The average molecular weight is 157 g/mol. The van der Waals surface area contributed by atoms with Crippen molar-refractivity contribution in [3.63, 3.8) is 0 Å². The van der Waals surface area contributed by atoms with Gasteiger partial charge in [-0.25, -0.2) is 0 Å². The molecule has 0 aliphatic carbocycles. The minimum atomic E-state index is -0.0428. The molecule has 1 rings (SSSR count). The molecule has 0 aromatic rings. The Kier molecular flexibility index (Phi) is 2.04. The third-order valence-corrected chi connectivity index (χ3v) is 2.19. The summed E-state index contributed by atoms with van der Waals surface area (Å²) in [5, 5.41) is 0. The molecule has 0 saturated heterocycles. The smallest absolute Gasteiger partial charge is 0.191 e. The van der Waals surface area contributed by atoms with E-state index < -0.39 is 0 Å². The van der Waals surface area contributed by atoms with Crippen molar-refractivity contribution in [3.8, 4) is 0 Å². The lowest BCUT2D eigenvalue weighted by molar-refractivity contribution is 0.0903. The van der Waals surface area contributed by atoms with Crippen molar-refractivity contribution in [3.05, 3.63) is 0 Å². The van der Waals surface area contributed by atoms with Crippen LogP contribution in [-0.2, 0) is 4.74 Å². The molecule has 0 aromatic heterocycles. The van der Waals surface area contributed by atoms with Gasteiger partial charge in [0.15, 0.2) is 5.96 Å². The van der Waals surface area contributed by atoms with E-state index >= 15 is 0 Å². The molecule has 2 N–H and O–H groups in total. The fourth-order valence-electron chi connectivity index (χ4n) is 1.19. The number of rotatable bonds is 2. The summed E-state index contributed by atoms with van der Waals surface area (Å²) in [6.07, 6.45) is 0. The summed E-state index contributed by atoms with van der Waals surface area (Å²) in [7, 11) is 3.62. The molecule has 1 heterocycles. The van der Waals surface area contributed by atoms with Crippen molar-refractivity contribution in [2.45, 2.75) is 12.5 Å². The monoisotopic (exact) mass is 157 g/mol. The van der Waals surface area contributed by atoms with Crippen LogP contribution in [0.15, 0.2) is 4.99 Å². The van der Waals surface area contributed by atoms with E-state index in [2.05, 4.69) is 11.9 Å². The van der Waals surface area contributed by atoms with Crippen molar-refractivity contribution in [2.24, 2.45) is 10.7 Å². The molecule has 1 aliphatic rings. The summed E-state index contributed by atoms with van der Waals surface area (Å²) in [6.45, 7) is 3.47. The molecule has 0 aromatic carbocycles. The first kappa shape index (κ1) is 8.33. The van der Waals surface area contributed by atoms with E-state index in [4.69, 9.17) is 10.5 Å². The average Bonchev–Trinajstić information content (AvgIpc) is 2.19. The number of hydrogen-bond acceptors (Lipinski definition) is 4. The molecule has 0 saturated carbocycles. The topological polar surface area (TPSA) is 50.9 Å². The Morgan fingerprint density at radius 2 is 2.45 bits per heavy atom. The predicted octanol–water partition coefficient (Wildman–Crippen LogP) is -0.348. The number of hydrogen-bond donors (Lipinski definition) is 1. The summed E-state index contributed by atoms with van der Waals surface area (Å²) in [5.41, 5.74) is 5.56. The van der Waals surface area contributed by atoms with Crippen LogP contribution < -0.4 is 5.73 Å². The normalized spacial score (nSPS) is 30.8. The Balaban J connectivity index is 2.63. The highest BCUT2D eigenvalue weighted by molar-refractivity contribution is 5.80. The van der Waals surface area contributed by atoms with Crippen LogP contribution in [0, 0.1) is 0 Å². The molecule has 1 atom stereocenters. The second-order valence-corrected chi connectivity index (χ2v) is 3.16. The van der Waals surface area contributed by atoms with E-state index in [0.29, 0.717) is 12.6 Å². The van der Waals surface area contributed by atoms with Gasteiger partial charge in [-0.05, 0) is 6.92 Å². The van der Waals surface area contributed by atoms with Gasteiger partial charge in [-0.15, -0.1) is 0 Å². The molecule has 64 valence electrons. The quantitative estimate of drug-likeness (QED) is 0.596. The summed E-state index contributed by atoms with van der Waals surface area (Å²) >= 11 is 0. The number of ether oxygens (including phenoxy) is 1. The molecule has 1 aliphatic heterocycles. The highest BCUT2D eigenvalue weighted by Gasteiger charge is 2.35. The minimum absolute atomic E-state index is 0.0428. The first-order valence-electron chi connectivity index (χ1n) is 3.63. The van der Waals surface area contributed by atoms with E-state index in [-0.39, 0.29) is 5.54 Å². The Morgan fingerprint density at radius 3 is 2.82 bits per heavy atom. The van der Waals surface area contributed by atoms with Crippen LogP contribution >= 0.6 is 0 Å². The van der Waals surface area contributed by atoms with E-state index in [0.717, 1.165) is 6.54 Å². The van der Waals surface area contributed by atoms with E-state index in [1.807, 2.05) is 11.9 Å². The van der Waals surface area contributed by atoms with Crippen molar-refractivity contribution in [1.82, 2.24) is 4.90 Å². The van der Waals surface area contributed by atoms with Crippen molar-refractivity contribution in [1.29, 1.82) is 0 Å². The zero-order valence-corrected chi connectivity index (χ0v) is 7.29. The number of nitrogens with zero attached hydrogens (tertiary/aromatic N) is 2. The van der Waals surface area contributed by atoms with Crippen LogP contribution in [0.2, 0.25) is 0 Å². The van der Waals surface area contributed by atoms with E-state index in [1.165, 1.54) is 0 Å². The largest absolute Gasteiger partial charge is 0.382 e. The third kappa shape index (κ3) is 1.30. The standard InChI is InChI=1S/C7H15N3O/c1-7(5-11-3)4-9-6(8)10(7)2/h4-5H2,1-3H3,(H2,8,9). The van der Waals surface area contributed by atoms with Crippen molar-refractivity contribution >= 4 is 5.96 Å². The highest BCUT2D eigenvalue weighted by atomic mass is 16.5. The molecule has 1 unspecified atom stereocenters. The zero-order chi connectivity index (χ0) is 8.48. The fourth-order valence-corrected chi connectivity index (χ4v) is 1.19. The maximum Gasteiger partial charge on any atom is 0.191 e. The second-order valence-electron chi connectivity index (χ2n) is 3.16. The zero-order valence-electron chi connectivity index (χ0n) is 7.29. The van der Waals surface area contributed by atoms with Crippen LogP contribution in [0.5, 0.6) is 0 Å². The summed E-state index contributed by atoms with van der Waals surface area (Å²) in [5.74, 6) is 0.601. The lowest BCUT2D eigenvalue weighted by Gasteiger charge is -2.31. The van der Waals surface area contributed by atoms with Gasteiger partial charge in [0.05, 0.1) is 18.7 Å². The SMILES string of the molecule is COCC1(C)CN=C(N)N1C. The maximum atomic E-state index is 5.60. The Hall–Kier alpha value is -0.770. The lowest BCUT2D eigenvalue weighted by atomic mass is 10.0. The molecular weight excluding hydrogens is 142 g/mol. The number of likely N-dealkylation sites (N-methyl/N-ethyl adjacent to an activating group) is 1. The summed E-state index contributed by atoms with van der Waals surface area (Å²) in [6, 6.07) is 0. The van der Waals surface area contributed by atoms with E-state index in [9.17, 15) is 0 Å². The van der Waals surface area contributed by atoms with Gasteiger partial charge in [-0.3, -0.25) is 4.99 Å². The Morgan fingerprint density at radius 1 is 1.82 bits per heavy atom. The second kappa shape index (κ2) is 2.70. The van der Waals surface area contributed by atoms with Crippen molar-refractivity contribution in [2.75, 3.05) is 27.3 Å². The number of guanidine groups is 1. The fraction of sp³-hybridized carbons (Fsp3) is 0.857. The molecule has 0 amide bonds. The molecule has 0 radical (unpaired) electrons. The lowest BCUT2D eigenvalue weighted by Crippen LogP contribution is -2.49. The number of aliphatic imine (C=N–C) groups is 1. The van der Waals surface area contributed by atoms with Gasteiger partial charge in [-0.1, -0.05) is 0 Å². The van der Waals surface area contributed by atoms with Gasteiger partial charge in [0, 0.05) is 14.2 Å². The summed E-state index contributed by atoms with van der Waals surface area (Å²) in [4.78, 5) is 6.08. The van der Waals surface area contributed by atoms with Crippen LogP contribution in [-0.4, -0.2) is 43.7 Å². The van der Waals surface area contributed by atoms with Gasteiger partial charge < -0.3 is 15.4 Å². The molecule has 0 spiro atoms. The van der Waals surface area contributed by atoms with Crippen LogP contribution in [0.1, 0.15) is 6.92 Å². The molecule has 4 nitrogen and oxygen atoms in total. The van der Waals surface area contributed by atoms with Gasteiger partial charge in [-0.2, -0.15) is 0 Å². The predicted molar refractivity (Wildman–Crippen MR) is 44.5 cm³/mol. The van der Waals surface area contributed by atoms with Crippen molar-refractivity contribution < 1.29 is 4.74 Å². The first-order valence-corrected chi connectivity index (χ1v) is 3.63.